The Morgan fingerprint density at radius 2 is 1.85 bits per heavy atom. The first kappa shape index (κ1) is 18.0. The first-order valence-electron chi connectivity index (χ1n) is 7.53. The highest BCUT2D eigenvalue weighted by Gasteiger charge is 2.10. The molecule has 0 radical (unpaired) electrons. The summed E-state index contributed by atoms with van der Waals surface area (Å²) >= 11 is 12.0. The van der Waals surface area contributed by atoms with Crippen LogP contribution in [0.2, 0.25) is 10.0 Å². The van der Waals surface area contributed by atoms with Crippen LogP contribution in [-0.2, 0) is 6.61 Å². The molecule has 3 rings (SSSR count). The van der Waals surface area contributed by atoms with Crippen LogP contribution in [0.4, 0.5) is 17.6 Å². The first-order chi connectivity index (χ1) is 12.5. The Labute approximate surface area is 160 Å². The van der Waals surface area contributed by atoms with Crippen molar-refractivity contribution in [2.75, 3.05) is 18.2 Å². The number of nitrogens with two attached hydrogens (primary N) is 1. The Hall–Kier alpha value is -2.77. The second-order valence-electron chi connectivity index (χ2n) is 5.12. The number of rotatable bonds is 6. The van der Waals surface area contributed by atoms with Crippen LogP contribution < -0.4 is 20.5 Å². The lowest BCUT2D eigenvalue weighted by molar-refractivity contribution is 0.296. The summed E-state index contributed by atoms with van der Waals surface area (Å²) in [5.74, 6) is 1.81. The Morgan fingerprint density at radius 1 is 1.04 bits per heavy atom. The van der Waals surface area contributed by atoms with Gasteiger partial charge < -0.3 is 20.5 Å². The van der Waals surface area contributed by atoms with Crippen LogP contribution in [0.15, 0.2) is 42.5 Å². The molecule has 26 heavy (non-hydrogen) atoms. The predicted molar refractivity (Wildman–Crippen MR) is 101 cm³/mol. The normalized spacial score (nSPS) is 10.4. The second kappa shape index (κ2) is 8.07. The van der Waals surface area contributed by atoms with E-state index in [0.29, 0.717) is 33.1 Å². The van der Waals surface area contributed by atoms with Crippen LogP contribution in [-0.4, -0.2) is 22.1 Å². The fourth-order valence-corrected chi connectivity index (χ4v) is 2.62. The summed E-state index contributed by atoms with van der Waals surface area (Å²) in [6.07, 6.45) is 0. The van der Waals surface area contributed by atoms with Gasteiger partial charge in [0.2, 0.25) is 11.9 Å². The highest BCUT2D eigenvalue weighted by atomic mass is 35.5. The van der Waals surface area contributed by atoms with Crippen LogP contribution in [0.1, 0.15) is 5.82 Å². The predicted octanol–water partition coefficient (Wildman–Crippen LogP) is 4.09. The number of hydrogen-bond donors (Lipinski definition) is 2. The topological polar surface area (TPSA) is 95.2 Å². The zero-order valence-electron chi connectivity index (χ0n) is 13.7. The fraction of sp³-hybridized carbons (Fsp3) is 0.118. The molecule has 3 N–H and O–H groups in total. The van der Waals surface area contributed by atoms with Gasteiger partial charge in [0.05, 0.1) is 17.8 Å². The smallest absolute Gasteiger partial charge is 0.232 e. The number of nitrogens with zero attached hydrogens (tertiary/aromatic N) is 3. The van der Waals surface area contributed by atoms with Crippen molar-refractivity contribution < 1.29 is 9.47 Å². The Bertz CT molecular complexity index is 923. The van der Waals surface area contributed by atoms with E-state index in [2.05, 4.69) is 20.3 Å². The number of nitrogens with one attached hydrogen (secondary N) is 1. The van der Waals surface area contributed by atoms with Crippen LogP contribution in [0.3, 0.4) is 0 Å². The lowest BCUT2D eigenvalue weighted by Crippen LogP contribution is -2.09. The lowest BCUT2D eigenvalue weighted by Gasteiger charge is -2.11. The maximum absolute atomic E-state index is 6.09. The average molecular weight is 392 g/mol. The van der Waals surface area contributed by atoms with Crippen molar-refractivity contribution in [2.45, 2.75) is 6.61 Å². The zero-order chi connectivity index (χ0) is 18.5. The van der Waals surface area contributed by atoms with Crippen LogP contribution in [0.5, 0.6) is 11.5 Å². The molecule has 2 aromatic carbocycles. The summed E-state index contributed by atoms with van der Waals surface area (Å²) in [5, 5.41) is 3.97. The molecule has 0 atom stereocenters. The number of halogens is 2. The van der Waals surface area contributed by atoms with Gasteiger partial charge in [0.15, 0.2) is 5.82 Å². The quantitative estimate of drug-likeness (QED) is 0.652. The third-order valence-electron chi connectivity index (χ3n) is 3.30. The van der Waals surface area contributed by atoms with Crippen LogP contribution >= 0.6 is 23.2 Å². The van der Waals surface area contributed by atoms with E-state index < -0.39 is 0 Å². The maximum Gasteiger partial charge on any atom is 0.232 e. The van der Waals surface area contributed by atoms with Crippen molar-refractivity contribution in [3.05, 3.63) is 58.3 Å². The SMILES string of the molecule is COc1ccccc1Nc1nc(N)nc(COc2ccc(Cl)cc2Cl)n1. The van der Waals surface area contributed by atoms with Crippen molar-refractivity contribution >= 4 is 40.8 Å². The molecule has 7 nitrogen and oxygen atoms in total. The van der Waals surface area contributed by atoms with Crippen molar-refractivity contribution in [3.8, 4) is 11.5 Å². The molecule has 0 unspecified atom stereocenters. The van der Waals surface area contributed by atoms with Gasteiger partial charge >= 0.3 is 0 Å². The Morgan fingerprint density at radius 3 is 2.62 bits per heavy atom. The first-order valence-corrected chi connectivity index (χ1v) is 8.29. The van der Waals surface area contributed by atoms with Crippen LogP contribution in [0.25, 0.3) is 0 Å². The Kier molecular flexibility index (Phi) is 5.60. The van der Waals surface area contributed by atoms with Gasteiger partial charge in [-0.3, -0.25) is 0 Å². The number of benzene rings is 2. The molecule has 3 aromatic rings. The van der Waals surface area contributed by atoms with E-state index in [-0.39, 0.29) is 18.5 Å². The van der Waals surface area contributed by atoms with E-state index in [4.69, 9.17) is 38.4 Å². The van der Waals surface area contributed by atoms with Crippen molar-refractivity contribution in [1.29, 1.82) is 0 Å². The minimum atomic E-state index is 0.0642. The van der Waals surface area contributed by atoms with E-state index in [9.17, 15) is 0 Å². The molecule has 9 heteroatoms. The molecule has 0 amide bonds. The fourth-order valence-electron chi connectivity index (χ4n) is 2.16. The van der Waals surface area contributed by atoms with Gasteiger partial charge in [-0.15, -0.1) is 0 Å². The summed E-state index contributed by atoms with van der Waals surface area (Å²) < 4.78 is 10.9. The van der Waals surface area contributed by atoms with E-state index in [0.717, 1.165) is 0 Å². The monoisotopic (exact) mass is 391 g/mol. The largest absolute Gasteiger partial charge is 0.495 e. The number of anilines is 3. The zero-order valence-corrected chi connectivity index (χ0v) is 15.3. The van der Waals surface area contributed by atoms with Gasteiger partial charge in [-0.25, -0.2) is 0 Å². The minimum Gasteiger partial charge on any atom is -0.495 e. The molecule has 0 aliphatic rings. The van der Waals surface area contributed by atoms with E-state index in [1.807, 2.05) is 24.3 Å². The number of hydrogen-bond acceptors (Lipinski definition) is 7. The molecule has 0 aliphatic carbocycles. The average Bonchev–Trinajstić information content (AvgIpc) is 2.61. The summed E-state index contributed by atoms with van der Waals surface area (Å²) in [6.45, 7) is 0.0642. The second-order valence-corrected chi connectivity index (χ2v) is 5.97. The molecular formula is C17H15Cl2N5O2. The standard InChI is InChI=1S/C17H15Cl2N5O2/c1-25-14-5-3-2-4-12(14)21-17-23-15(22-16(20)24-17)9-26-13-7-6-10(18)8-11(13)19/h2-8H,9H2,1H3,(H3,20,21,22,23,24). The van der Waals surface area contributed by atoms with Gasteiger partial charge in [0.1, 0.15) is 18.1 Å². The van der Waals surface area contributed by atoms with Crippen LogP contribution in [0, 0.1) is 0 Å². The van der Waals surface area contributed by atoms with E-state index in [1.165, 1.54) is 0 Å². The van der Waals surface area contributed by atoms with Gasteiger partial charge in [-0.05, 0) is 30.3 Å². The number of nitrogen functional groups attached to an aromatic ring is 1. The van der Waals surface area contributed by atoms with E-state index >= 15 is 0 Å². The van der Waals surface area contributed by atoms with Gasteiger partial charge in [0, 0.05) is 5.02 Å². The summed E-state index contributed by atoms with van der Waals surface area (Å²) in [7, 11) is 1.58. The molecule has 134 valence electrons. The minimum absolute atomic E-state index is 0.0642. The van der Waals surface area contributed by atoms with Crippen molar-refractivity contribution in [1.82, 2.24) is 15.0 Å². The molecule has 1 heterocycles. The van der Waals surface area contributed by atoms with Gasteiger partial charge in [-0.1, -0.05) is 35.3 Å². The van der Waals surface area contributed by atoms with Crippen molar-refractivity contribution in [2.24, 2.45) is 0 Å². The van der Waals surface area contributed by atoms with E-state index in [1.54, 1.807) is 25.3 Å². The molecule has 0 fully saturated rings. The molecular weight excluding hydrogens is 377 g/mol. The molecule has 1 aromatic heterocycles. The summed E-state index contributed by atoms with van der Waals surface area (Å²) in [6, 6.07) is 12.3. The molecule has 0 saturated heterocycles. The summed E-state index contributed by atoms with van der Waals surface area (Å²) in [5.41, 5.74) is 6.47. The number of ether oxygens (including phenoxy) is 2. The highest BCUT2D eigenvalue weighted by molar-refractivity contribution is 6.35. The Balaban J connectivity index is 1.77. The number of para-hydroxylation sites is 2. The highest BCUT2D eigenvalue weighted by Crippen LogP contribution is 2.28. The summed E-state index contributed by atoms with van der Waals surface area (Å²) in [4.78, 5) is 12.5. The third kappa shape index (κ3) is 4.44. The van der Waals surface area contributed by atoms with Gasteiger partial charge in [0.25, 0.3) is 0 Å². The molecule has 0 spiro atoms. The maximum atomic E-state index is 6.09. The van der Waals surface area contributed by atoms with Gasteiger partial charge in [-0.2, -0.15) is 15.0 Å². The molecule has 0 bridgehead atoms. The molecule has 0 saturated carbocycles. The number of methoxy groups -OCH3 is 1. The molecule has 0 aliphatic heterocycles. The lowest BCUT2D eigenvalue weighted by atomic mass is 10.3. The van der Waals surface area contributed by atoms with Crippen molar-refractivity contribution in [3.63, 3.8) is 0 Å². The number of aromatic nitrogens is 3. The third-order valence-corrected chi connectivity index (χ3v) is 3.83.